The summed E-state index contributed by atoms with van der Waals surface area (Å²) in [6.45, 7) is 6.17. The van der Waals surface area contributed by atoms with E-state index >= 15 is 0 Å². The highest BCUT2D eigenvalue weighted by atomic mass is 16.6. The van der Waals surface area contributed by atoms with Crippen LogP contribution in [0.5, 0.6) is 0 Å². The second-order valence-corrected chi connectivity index (χ2v) is 4.38. The van der Waals surface area contributed by atoms with Gasteiger partial charge in [-0.05, 0) is 19.8 Å². The van der Waals surface area contributed by atoms with Crippen LogP contribution in [0.1, 0.15) is 46.5 Å². The van der Waals surface area contributed by atoms with E-state index in [-0.39, 0.29) is 11.7 Å². The van der Waals surface area contributed by atoms with Gasteiger partial charge in [-0.25, -0.2) is 4.79 Å². The maximum absolute atomic E-state index is 12.0. The molecule has 1 rings (SSSR count). The van der Waals surface area contributed by atoms with E-state index in [1.807, 2.05) is 6.92 Å². The molecule has 4 nitrogen and oxygen atoms in total. The highest BCUT2D eigenvalue weighted by Gasteiger charge is 2.52. The van der Waals surface area contributed by atoms with Gasteiger partial charge in [0.1, 0.15) is 0 Å². The maximum atomic E-state index is 12.0. The van der Waals surface area contributed by atoms with Crippen LogP contribution in [-0.4, -0.2) is 30.6 Å². The summed E-state index contributed by atoms with van der Waals surface area (Å²) in [4.78, 5) is 23.4. The third kappa shape index (κ3) is 3.80. The fourth-order valence-corrected chi connectivity index (χ4v) is 1.96. The number of ketones is 1. The first-order valence-electron chi connectivity index (χ1n) is 6.51. The third-order valence-corrected chi connectivity index (χ3v) is 3.09. The van der Waals surface area contributed by atoms with Crippen molar-refractivity contribution < 1.29 is 19.1 Å². The molecule has 0 aromatic heterocycles. The fourth-order valence-electron chi connectivity index (χ4n) is 1.96. The normalized spacial score (nSPS) is 24.2. The Balaban J connectivity index is 2.41. The van der Waals surface area contributed by atoms with Crippen molar-refractivity contribution in [2.75, 3.05) is 6.61 Å². The Hall–Kier alpha value is -0.900. The van der Waals surface area contributed by atoms with Crippen molar-refractivity contribution in [3.63, 3.8) is 0 Å². The Morgan fingerprint density at radius 1 is 1.24 bits per heavy atom. The average molecular weight is 242 g/mol. The van der Waals surface area contributed by atoms with Crippen molar-refractivity contribution in [3.8, 4) is 0 Å². The smallest absolute Gasteiger partial charge is 0.338 e. The average Bonchev–Trinajstić information content (AvgIpc) is 3.10. The maximum Gasteiger partial charge on any atom is 0.338 e. The van der Waals surface area contributed by atoms with Crippen LogP contribution in [0.25, 0.3) is 0 Å². The molecule has 4 heteroatoms. The number of Topliss-reactive ketones (excluding diaryl/α,β-unsaturated/α-hetero) is 1. The molecule has 0 spiro atoms. The lowest BCUT2D eigenvalue weighted by Gasteiger charge is -2.11. The minimum absolute atomic E-state index is 0.0272. The van der Waals surface area contributed by atoms with Gasteiger partial charge in [0.2, 0.25) is 0 Å². The Bertz CT molecular complexity index is 275. The number of rotatable bonds is 8. The highest BCUT2D eigenvalue weighted by molar-refractivity contribution is 5.95. The van der Waals surface area contributed by atoms with E-state index in [0.717, 1.165) is 25.7 Å². The van der Waals surface area contributed by atoms with Crippen molar-refractivity contribution in [1.29, 1.82) is 0 Å². The summed E-state index contributed by atoms with van der Waals surface area (Å²) in [5.41, 5.74) is 0. The minimum atomic E-state index is -0.641. The molecular formula is C13H22O4. The van der Waals surface area contributed by atoms with E-state index in [0.29, 0.717) is 6.61 Å². The van der Waals surface area contributed by atoms with Crippen LogP contribution in [0.3, 0.4) is 0 Å². The Kier molecular flexibility index (Phi) is 5.62. The molecule has 1 saturated heterocycles. The number of hydrogen-bond donors (Lipinski definition) is 0. The highest BCUT2D eigenvalue weighted by Crippen LogP contribution is 2.29. The molecule has 0 saturated carbocycles. The summed E-state index contributed by atoms with van der Waals surface area (Å²) < 4.78 is 9.96. The summed E-state index contributed by atoms with van der Waals surface area (Å²) in [6, 6.07) is 0. The number of epoxide rings is 1. The van der Waals surface area contributed by atoms with Crippen LogP contribution in [-0.2, 0) is 19.1 Å². The minimum Gasteiger partial charge on any atom is -0.464 e. The molecule has 1 heterocycles. The number of unbranched alkanes of at least 4 members (excludes halogenated alkanes) is 1. The van der Waals surface area contributed by atoms with Gasteiger partial charge in [-0.1, -0.05) is 26.7 Å². The topological polar surface area (TPSA) is 55.9 Å². The number of carbonyl (C=O) groups is 2. The van der Waals surface area contributed by atoms with Gasteiger partial charge in [0.05, 0.1) is 6.61 Å². The van der Waals surface area contributed by atoms with E-state index in [4.69, 9.17) is 9.47 Å². The SMILES string of the molecule is CCCCC(CC)C(=O)C1OC1C(=O)OCC. The zero-order valence-corrected chi connectivity index (χ0v) is 10.9. The number of ether oxygens (including phenoxy) is 2. The Morgan fingerprint density at radius 3 is 2.47 bits per heavy atom. The van der Waals surface area contributed by atoms with Gasteiger partial charge >= 0.3 is 5.97 Å². The van der Waals surface area contributed by atoms with Gasteiger partial charge in [0.25, 0.3) is 0 Å². The van der Waals surface area contributed by atoms with Gasteiger partial charge in [0.15, 0.2) is 18.0 Å². The lowest BCUT2D eigenvalue weighted by atomic mass is 9.92. The van der Waals surface area contributed by atoms with Gasteiger partial charge in [0, 0.05) is 5.92 Å². The molecule has 0 amide bonds. The molecule has 17 heavy (non-hydrogen) atoms. The van der Waals surface area contributed by atoms with Crippen molar-refractivity contribution >= 4 is 11.8 Å². The van der Waals surface area contributed by atoms with Gasteiger partial charge in [-0.15, -0.1) is 0 Å². The quantitative estimate of drug-likeness (QED) is 0.483. The van der Waals surface area contributed by atoms with Crippen LogP contribution < -0.4 is 0 Å². The molecule has 0 radical (unpaired) electrons. The summed E-state index contributed by atoms with van der Waals surface area (Å²) in [7, 11) is 0. The predicted molar refractivity (Wildman–Crippen MR) is 63.6 cm³/mol. The van der Waals surface area contributed by atoms with Crippen LogP contribution in [0.4, 0.5) is 0 Å². The van der Waals surface area contributed by atoms with E-state index in [1.165, 1.54) is 0 Å². The molecular weight excluding hydrogens is 220 g/mol. The number of carbonyl (C=O) groups excluding carboxylic acids is 2. The van der Waals surface area contributed by atoms with Crippen LogP contribution >= 0.6 is 0 Å². The zero-order valence-electron chi connectivity index (χ0n) is 10.9. The molecule has 0 aliphatic carbocycles. The Morgan fingerprint density at radius 2 is 1.94 bits per heavy atom. The molecule has 3 unspecified atom stereocenters. The zero-order chi connectivity index (χ0) is 12.8. The van der Waals surface area contributed by atoms with Crippen LogP contribution in [0.15, 0.2) is 0 Å². The van der Waals surface area contributed by atoms with Crippen molar-refractivity contribution in [3.05, 3.63) is 0 Å². The number of hydrogen-bond acceptors (Lipinski definition) is 4. The van der Waals surface area contributed by atoms with E-state index in [1.54, 1.807) is 6.92 Å². The standard InChI is InChI=1S/C13H22O4/c1-4-7-8-9(5-2)10(14)11-12(17-11)13(15)16-6-3/h9,11-12H,4-8H2,1-3H3. The molecule has 98 valence electrons. The van der Waals surface area contributed by atoms with E-state index in [2.05, 4.69) is 6.92 Å². The first-order valence-corrected chi connectivity index (χ1v) is 6.51. The second kappa shape index (κ2) is 6.74. The number of esters is 1. The molecule has 1 aliphatic rings. The lowest BCUT2D eigenvalue weighted by Crippen LogP contribution is -2.24. The first-order chi connectivity index (χ1) is 8.15. The molecule has 3 atom stereocenters. The van der Waals surface area contributed by atoms with Crippen LogP contribution in [0.2, 0.25) is 0 Å². The lowest BCUT2D eigenvalue weighted by molar-refractivity contribution is -0.144. The predicted octanol–water partition coefficient (Wildman–Crippen LogP) is 2.10. The summed E-state index contributed by atoms with van der Waals surface area (Å²) in [5.74, 6) is -0.311. The van der Waals surface area contributed by atoms with E-state index < -0.39 is 18.2 Å². The van der Waals surface area contributed by atoms with E-state index in [9.17, 15) is 9.59 Å². The Labute approximate surface area is 103 Å². The first kappa shape index (κ1) is 14.2. The van der Waals surface area contributed by atoms with Crippen molar-refractivity contribution in [2.24, 2.45) is 5.92 Å². The molecule has 1 fully saturated rings. The third-order valence-electron chi connectivity index (χ3n) is 3.09. The summed E-state index contributed by atoms with van der Waals surface area (Å²) in [5, 5.41) is 0. The van der Waals surface area contributed by atoms with Crippen molar-refractivity contribution in [2.45, 2.75) is 58.7 Å². The molecule has 1 aliphatic heterocycles. The van der Waals surface area contributed by atoms with Gasteiger partial charge in [-0.3, -0.25) is 4.79 Å². The van der Waals surface area contributed by atoms with Gasteiger partial charge < -0.3 is 9.47 Å². The molecule has 0 aromatic rings. The summed E-state index contributed by atoms with van der Waals surface area (Å²) in [6.07, 6.45) is 2.64. The molecule has 0 bridgehead atoms. The molecule has 0 N–H and O–H groups in total. The monoisotopic (exact) mass is 242 g/mol. The fraction of sp³-hybridized carbons (Fsp3) is 0.846. The largest absolute Gasteiger partial charge is 0.464 e. The van der Waals surface area contributed by atoms with Crippen LogP contribution in [0, 0.1) is 5.92 Å². The van der Waals surface area contributed by atoms with Crippen molar-refractivity contribution in [1.82, 2.24) is 0 Å². The van der Waals surface area contributed by atoms with Gasteiger partial charge in [-0.2, -0.15) is 0 Å². The summed E-state index contributed by atoms with van der Waals surface area (Å²) >= 11 is 0. The molecule has 0 aromatic carbocycles. The second-order valence-electron chi connectivity index (χ2n) is 4.38.